The molecule has 0 aromatic heterocycles. The summed E-state index contributed by atoms with van der Waals surface area (Å²) in [5.41, 5.74) is 0. The monoisotopic (exact) mass is 220 g/mol. The average molecular weight is 220 g/mol. The minimum atomic E-state index is 0.740. The van der Waals surface area contributed by atoms with Crippen molar-refractivity contribution < 1.29 is 0 Å². The first kappa shape index (κ1) is 10.8. The Hall–Kier alpha value is -0.340. The van der Waals surface area contributed by atoms with Gasteiger partial charge in [0.2, 0.25) is 0 Å². The number of piperidine rings is 1. The molecule has 3 heterocycles. The van der Waals surface area contributed by atoms with Crippen molar-refractivity contribution in [3.63, 3.8) is 0 Å². The summed E-state index contributed by atoms with van der Waals surface area (Å²) >= 11 is 0. The summed E-state index contributed by atoms with van der Waals surface area (Å²) in [6.07, 6.45) is 10.4. The fourth-order valence-corrected chi connectivity index (χ4v) is 3.88. The number of hydrogen-bond acceptors (Lipinski definition) is 2. The highest BCUT2D eigenvalue weighted by molar-refractivity contribution is 5.08. The summed E-state index contributed by atoms with van der Waals surface area (Å²) in [7, 11) is 0. The van der Waals surface area contributed by atoms with Crippen molar-refractivity contribution in [2.75, 3.05) is 19.6 Å². The van der Waals surface area contributed by atoms with Gasteiger partial charge in [0.05, 0.1) is 0 Å². The molecule has 1 N–H and O–H groups in total. The lowest BCUT2D eigenvalue weighted by atomic mass is 9.82. The number of hydrogen-bond donors (Lipinski definition) is 1. The molecular weight excluding hydrogens is 196 g/mol. The predicted octanol–water partition coefficient (Wildman–Crippen LogP) is 2.02. The maximum atomic E-state index is 3.73. The van der Waals surface area contributed by atoms with E-state index in [1.165, 1.54) is 38.8 Å². The number of fused-ring (bicyclic) bond motifs is 3. The summed E-state index contributed by atoms with van der Waals surface area (Å²) in [6, 6.07) is 1.55. The zero-order valence-electron chi connectivity index (χ0n) is 10.4. The number of rotatable bonds is 0. The first-order chi connectivity index (χ1) is 7.84. The molecule has 3 unspecified atom stereocenters. The average Bonchev–Trinajstić information content (AvgIpc) is 2.50. The molecule has 2 nitrogen and oxygen atoms in total. The summed E-state index contributed by atoms with van der Waals surface area (Å²) in [4.78, 5) is 2.77. The quantitative estimate of drug-likeness (QED) is 0.628. The Balaban J connectivity index is 1.77. The minimum Gasteiger partial charge on any atom is -0.308 e. The molecule has 3 aliphatic rings. The predicted molar refractivity (Wildman–Crippen MR) is 67.4 cm³/mol. The van der Waals surface area contributed by atoms with E-state index in [2.05, 4.69) is 29.3 Å². The Morgan fingerprint density at radius 3 is 3.12 bits per heavy atom. The van der Waals surface area contributed by atoms with E-state index >= 15 is 0 Å². The van der Waals surface area contributed by atoms with Gasteiger partial charge < -0.3 is 5.32 Å². The van der Waals surface area contributed by atoms with Gasteiger partial charge in [-0.05, 0) is 37.6 Å². The van der Waals surface area contributed by atoms with Crippen LogP contribution in [0.2, 0.25) is 0 Å². The normalized spacial score (nSPS) is 44.6. The van der Waals surface area contributed by atoms with E-state index < -0.39 is 0 Å². The zero-order chi connectivity index (χ0) is 11.0. The Morgan fingerprint density at radius 1 is 1.25 bits per heavy atom. The SMILES string of the molecule is CC1CCC[C@H]2C3NCC=CC3CCN2C1. The van der Waals surface area contributed by atoms with Gasteiger partial charge in [0, 0.05) is 25.2 Å². The van der Waals surface area contributed by atoms with Crippen LogP contribution in [0.25, 0.3) is 0 Å². The molecule has 0 saturated carbocycles. The van der Waals surface area contributed by atoms with Crippen LogP contribution in [0.3, 0.4) is 0 Å². The molecule has 2 fully saturated rings. The van der Waals surface area contributed by atoms with Crippen molar-refractivity contribution in [3.05, 3.63) is 12.2 Å². The Labute approximate surface area is 99.1 Å². The fraction of sp³-hybridized carbons (Fsp3) is 0.857. The highest BCUT2D eigenvalue weighted by Crippen LogP contribution is 2.32. The zero-order valence-corrected chi connectivity index (χ0v) is 10.4. The molecule has 2 saturated heterocycles. The van der Waals surface area contributed by atoms with Crippen molar-refractivity contribution in [2.45, 2.75) is 44.7 Å². The molecule has 90 valence electrons. The van der Waals surface area contributed by atoms with Crippen LogP contribution < -0.4 is 5.32 Å². The van der Waals surface area contributed by atoms with Crippen LogP contribution in [0.1, 0.15) is 32.6 Å². The van der Waals surface area contributed by atoms with E-state index in [1.54, 1.807) is 0 Å². The fourth-order valence-electron chi connectivity index (χ4n) is 3.88. The first-order valence-electron chi connectivity index (χ1n) is 6.98. The van der Waals surface area contributed by atoms with Crippen molar-refractivity contribution in [2.24, 2.45) is 11.8 Å². The molecule has 0 aliphatic carbocycles. The molecule has 0 bridgehead atoms. The standard InChI is InChI=1S/C14H24N2/c1-11-4-2-6-13-14-12(5-3-8-15-14)7-9-16(13)10-11/h3,5,11-15H,2,4,6-10H2,1H3/t11?,12?,13-,14?/m0/s1. The van der Waals surface area contributed by atoms with Gasteiger partial charge in [0.15, 0.2) is 0 Å². The third-order valence-electron chi connectivity index (χ3n) is 4.69. The van der Waals surface area contributed by atoms with E-state index in [0.29, 0.717) is 0 Å². The molecule has 2 heteroatoms. The van der Waals surface area contributed by atoms with E-state index in [4.69, 9.17) is 0 Å². The van der Waals surface area contributed by atoms with Crippen LogP contribution in [0.15, 0.2) is 12.2 Å². The summed E-state index contributed by atoms with van der Waals surface area (Å²) in [5, 5.41) is 3.73. The molecule has 3 aliphatic heterocycles. The smallest absolute Gasteiger partial charge is 0.0289 e. The van der Waals surface area contributed by atoms with Crippen LogP contribution >= 0.6 is 0 Å². The van der Waals surface area contributed by atoms with Gasteiger partial charge in [0.1, 0.15) is 0 Å². The third kappa shape index (κ3) is 1.93. The highest BCUT2D eigenvalue weighted by atomic mass is 15.2. The van der Waals surface area contributed by atoms with Crippen LogP contribution in [0.5, 0.6) is 0 Å². The molecule has 3 rings (SSSR count). The lowest BCUT2D eigenvalue weighted by Gasteiger charge is -2.46. The molecule has 0 aromatic carbocycles. The largest absolute Gasteiger partial charge is 0.308 e. The highest BCUT2D eigenvalue weighted by Gasteiger charge is 2.38. The Morgan fingerprint density at radius 2 is 2.19 bits per heavy atom. The Kier molecular flexibility index (Phi) is 3.03. The number of nitrogens with one attached hydrogen (secondary N) is 1. The second-order valence-corrected chi connectivity index (χ2v) is 5.91. The van der Waals surface area contributed by atoms with Crippen molar-refractivity contribution in [3.8, 4) is 0 Å². The van der Waals surface area contributed by atoms with E-state index in [1.807, 2.05) is 0 Å². The lowest BCUT2D eigenvalue weighted by molar-refractivity contribution is 0.0797. The van der Waals surface area contributed by atoms with Gasteiger partial charge in [-0.3, -0.25) is 4.90 Å². The second-order valence-electron chi connectivity index (χ2n) is 5.91. The van der Waals surface area contributed by atoms with Crippen molar-refractivity contribution >= 4 is 0 Å². The Bertz CT molecular complexity index is 274. The maximum absolute atomic E-state index is 3.73. The van der Waals surface area contributed by atoms with Gasteiger partial charge in [-0.2, -0.15) is 0 Å². The summed E-state index contributed by atoms with van der Waals surface area (Å²) in [5.74, 6) is 1.71. The topological polar surface area (TPSA) is 15.3 Å². The van der Waals surface area contributed by atoms with E-state index in [-0.39, 0.29) is 0 Å². The molecule has 4 atom stereocenters. The van der Waals surface area contributed by atoms with E-state index in [0.717, 1.165) is 30.5 Å². The van der Waals surface area contributed by atoms with Gasteiger partial charge in [-0.15, -0.1) is 0 Å². The second kappa shape index (κ2) is 4.50. The van der Waals surface area contributed by atoms with Gasteiger partial charge in [-0.1, -0.05) is 25.5 Å². The van der Waals surface area contributed by atoms with Gasteiger partial charge in [-0.25, -0.2) is 0 Å². The van der Waals surface area contributed by atoms with Crippen LogP contribution in [-0.4, -0.2) is 36.6 Å². The molecular formula is C14H24N2. The molecule has 0 aromatic rings. The summed E-state index contributed by atoms with van der Waals surface area (Å²) < 4.78 is 0. The molecule has 0 spiro atoms. The van der Waals surface area contributed by atoms with Crippen LogP contribution in [0, 0.1) is 11.8 Å². The van der Waals surface area contributed by atoms with Gasteiger partial charge in [0.25, 0.3) is 0 Å². The van der Waals surface area contributed by atoms with Crippen LogP contribution in [-0.2, 0) is 0 Å². The molecule has 0 amide bonds. The first-order valence-corrected chi connectivity index (χ1v) is 6.98. The third-order valence-corrected chi connectivity index (χ3v) is 4.69. The van der Waals surface area contributed by atoms with Crippen LogP contribution in [0.4, 0.5) is 0 Å². The summed E-state index contributed by atoms with van der Waals surface area (Å²) in [6.45, 7) is 6.16. The molecule has 16 heavy (non-hydrogen) atoms. The van der Waals surface area contributed by atoms with E-state index in [9.17, 15) is 0 Å². The van der Waals surface area contributed by atoms with Gasteiger partial charge >= 0.3 is 0 Å². The number of nitrogens with zero attached hydrogens (tertiary/aromatic N) is 1. The van der Waals surface area contributed by atoms with Crippen molar-refractivity contribution in [1.29, 1.82) is 0 Å². The minimum absolute atomic E-state index is 0.740. The van der Waals surface area contributed by atoms with Crippen molar-refractivity contribution in [1.82, 2.24) is 10.2 Å². The maximum Gasteiger partial charge on any atom is 0.0289 e. The lowest BCUT2D eigenvalue weighted by Crippen LogP contribution is -2.58. The molecule has 0 radical (unpaired) electrons.